The Morgan fingerprint density at radius 1 is 1.21 bits per heavy atom. The minimum atomic E-state index is -0.0715. The van der Waals surface area contributed by atoms with E-state index in [9.17, 15) is 4.79 Å². The molecule has 1 aliphatic rings. The summed E-state index contributed by atoms with van der Waals surface area (Å²) in [6.45, 7) is 8.19. The van der Waals surface area contributed by atoms with E-state index in [0.29, 0.717) is 36.8 Å². The summed E-state index contributed by atoms with van der Waals surface area (Å²) in [5.41, 5.74) is 1.56. The molecule has 1 amide bonds. The largest absolute Gasteiger partial charge is 0.490 e. The number of benzene rings is 1. The second kappa shape index (κ2) is 8.06. The number of furan rings is 1. The lowest BCUT2D eigenvalue weighted by Gasteiger charge is -2.20. The van der Waals surface area contributed by atoms with E-state index in [2.05, 4.69) is 10.1 Å². The molecule has 0 aliphatic carbocycles. The third kappa shape index (κ3) is 3.89. The topological polar surface area (TPSA) is 72.0 Å². The first-order chi connectivity index (χ1) is 13.6. The van der Waals surface area contributed by atoms with Crippen LogP contribution in [0.15, 0.2) is 39.3 Å². The zero-order valence-electron chi connectivity index (χ0n) is 16.3. The fraction of sp³-hybridized carbons (Fsp3) is 0.429. The van der Waals surface area contributed by atoms with E-state index in [4.69, 9.17) is 13.7 Å². The third-order valence-electron chi connectivity index (χ3n) is 4.96. The molecule has 7 heteroatoms. The Kier molecular flexibility index (Phi) is 5.34. The minimum Gasteiger partial charge on any atom is -0.490 e. The Bertz CT molecular complexity index is 962. The van der Waals surface area contributed by atoms with Crippen molar-refractivity contribution in [3.63, 3.8) is 0 Å². The summed E-state index contributed by atoms with van der Waals surface area (Å²) in [6.07, 6.45) is 0.910. The fourth-order valence-electron chi connectivity index (χ4n) is 3.62. The first-order valence-corrected chi connectivity index (χ1v) is 9.73. The molecule has 4 rings (SSSR count). The monoisotopic (exact) mass is 383 g/mol. The van der Waals surface area contributed by atoms with E-state index in [-0.39, 0.29) is 5.91 Å². The van der Waals surface area contributed by atoms with Crippen LogP contribution >= 0.6 is 0 Å². The number of fused-ring (bicyclic) bond motifs is 1. The van der Waals surface area contributed by atoms with Crippen LogP contribution in [0.3, 0.4) is 0 Å². The van der Waals surface area contributed by atoms with Gasteiger partial charge in [0, 0.05) is 44.2 Å². The van der Waals surface area contributed by atoms with Crippen molar-refractivity contribution < 1.29 is 18.5 Å². The summed E-state index contributed by atoms with van der Waals surface area (Å²) in [6, 6.07) is 9.47. The number of aryl methyl sites for hydroxylation is 1. The van der Waals surface area contributed by atoms with E-state index in [1.165, 1.54) is 0 Å². The van der Waals surface area contributed by atoms with Gasteiger partial charge in [-0.2, -0.15) is 0 Å². The number of nitrogens with zero attached hydrogens (tertiary/aromatic N) is 3. The maximum atomic E-state index is 13.0. The summed E-state index contributed by atoms with van der Waals surface area (Å²) >= 11 is 0. The lowest BCUT2D eigenvalue weighted by atomic mass is 10.2. The molecule has 0 saturated carbocycles. The first-order valence-electron chi connectivity index (χ1n) is 9.73. The van der Waals surface area contributed by atoms with Crippen molar-refractivity contribution >= 4 is 16.9 Å². The van der Waals surface area contributed by atoms with E-state index < -0.39 is 0 Å². The molecular weight excluding hydrogens is 358 g/mol. The lowest BCUT2D eigenvalue weighted by Crippen LogP contribution is -2.34. The Hall–Kier alpha value is -2.80. The predicted molar refractivity (Wildman–Crippen MR) is 104 cm³/mol. The summed E-state index contributed by atoms with van der Waals surface area (Å²) in [4.78, 5) is 17.2. The zero-order chi connectivity index (χ0) is 19.5. The standard InChI is InChI=1S/C21H25N3O4/c1-3-26-18-7-4-6-16-13-19(27-20(16)18)21(25)24-9-5-8-23(10-11-24)14-17-12-15(2)28-22-17/h4,6-7,12-13H,3,5,8-11,14H2,1-2H3. The highest BCUT2D eigenvalue weighted by atomic mass is 16.5. The van der Waals surface area contributed by atoms with Crippen LogP contribution in [-0.4, -0.2) is 53.6 Å². The van der Waals surface area contributed by atoms with Crippen LogP contribution in [-0.2, 0) is 6.54 Å². The Morgan fingerprint density at radius 2 is 2.11 bits per heavy atom. The molecular formula is C21H25N3O4. The van der Waals surface area contributed by atoms with Gasteiger partial charge in [0.05, 0.1) is 12.3 Å². The van der Waals surface area contributed by atoms with E-state index in [1.807, 2.05) is 43.0 Å². The van der Waals surface area contributed by atoms with Gasteiger partial charge in [-0.1, -0.05) is 17.3 Å². The maximum absolute atomic E-state index is 13.0. The molecule has 0 N–H and O–H groups in total. The van der Waals surface area contributed by atoms with E-state index in [1.54, 1.807) is 6.07 Å². The molecule has 0 radical (unpaired) electrons. The minimum absolute atomic E-state index is 0.0715. The highest BCUT2D eigenvalue weighted by Gasteiger charge is 2.24. The average Bonchev–Trinajstić information content (AvgIpc) is 3.23. The molecule has 28 heavy (non-hydrogen) atoms. The molecule has 3 heterocycles. The summed E-state index contributed by atoms with van der Waals surface area (Å²) in [7, 11) is 0. The highest BCUT2D eigenvalue weighted by Crippen LogP contribution is 2.29. The van der Waals surface area contributed by atoms with Crippen molar-refractivity contribution in [1.82, 2.24) is 15.0 Å². The van der Waals surface area contributed by atoms with Crippen molar-refractivity contribution in [2.24, 2.45) is 0 Å². The smallest absolute Gasteiger partial charge is 0.289 e. The fourth-order valence-corrected chi connectivity index (χ4v) is 3.62. The maximum Gasteiger partial charge on any atom is 0.289 e. The van der Waals surface area contributed by atoms with Crippen LogP contribution in [0.1, 0.15) is 35.4 Å². The van der Waals surface area contributed by atoms with Crippen molar-refractivity contribution in [2.45, 2.75) is 26.8 Å². The van der Waals surface area contributed by atoms with Crippen LogP contribution in [0.5, 0.6) is 5.75 Å². The van der Waals surface area contributed by atoms with Gasteiger partial charge >= 0.3 is 0 Å². The quantitative estimate of drug-likeness (QED) is 0.672. The molecule has 1 saturated heterocycles. The molecule has 0 atom stereocenters. The number of para-hydroxylation sites is 1. The lowest BCUT2D eigenvalue weighted by molar-refractivity contribution is 0.0731. The predicted octanol–water partition coefficient (Wildman–Crippen LogP) is 3.48. The number of ether oxygens (including phenoxy) is 1. The summed E-state index contributed by atoms with van der Waals surface area (Å²) in [5.74, 6) is 1.78. The van der Waals surface area contributed by atoms with Crippen LogP contribution in [0.4, 0.5) is 0 Å². The molecule has 0 unspecified atom stereocenters. The van der Waals surface area contributed by atoms with Gasteiger partial charge in [0.15, 0.2) is 17.1 Å². The molecule has 1 fully saturated rings. The van der Waals surface area contributed by atoms with E-state index in [0.717, 1.165) is 42.9 Å². The van der Waals surface area contributed by atoms with Crippen LogP contribution in [0.25, 0.3) is 11.0 Å². The average molecular weight is 383 g/mol. The van der Waals surface area contributed by atoms with Crippen molar-refractivity contribution in [3.05, 3.63) is 47.5 Å². The van der Waals surface area contributed by atoms with Gasteiger partial charge in [0.2, 0.25) is 0 Å². The van der Waals surface area contributed by atoms with Gasteiger partial charge in [-0.05, 0) is 32.4 Å². The van der Waals surface area contributed by atoms with Gasteiger partial charge in [-0.25, -0.2) is 0 Å². The SMILES string of the molecule is CCOc1cccc2cc(C(=O)N3CCCN(Cc4cc(C)on4)CC3)oc12. The van der Waals surface area contributed by atoms with Gasteiger partial charge in [-0.15, -0.1) is 0 Å². The molecule has 148 valence electrons. The van der Waals surface area contributed by atoms with Gasteiger partial charge in [0.1, 0.15) is 5.76 Å². The van der Waals surface area contributed by atoms with Crippen molar-refractivity contribution in [3.8, 4) is 5.75 Å². The Balaban J connectivity index is 1.45. The molecule has 0 spiro atoms. The van der Waals surface area contributed by atoms with Crippen LogP contribution in [0, 0.1) is 6.92 Å². The molecule has 3 aromatic rings. The summed E-state index contributed by atoms with van der Waals surface area (Å²) in [5, 5.41) is 4.95. The van der Waals surface area contributed by atoms with Crippen LogP contribution in [0.2, 0.25) is 0 Å². The number of carbonyl (C=O) groups is 1. The molecule has 7 nitrogen and oxygen atoms in total. The van der Waals surface area contributed by atoms with Crippen LogP contribution < -0.4 is 4.74 Å². The van der Waals surface area contributed by atoms with Gasteiger partial charge in [0.25, 0.3) is 5.91 Å². The molecule has 1 aromatic carbocycles. The number of rotatable bonds is 5. The second-order valence-corrected chi connectivity index (χ2v) is 7.07. The molecule has 2 aromatic heterocycles. The number of hydrogen-bond donors (Lipinski definition) is 0. The first kappa shape index (κ1) is 18.6. The summed E-state index contributed by atoms with van der Waals surface area (Å²) < 4.78 is 16.6. The zero-order valence-corrected chi connectivity index (χ0v) is 16.3. The van der Waals surface area contributed by atoms with Crippen molar-refractivity contribution in [1.29, 1.82) is 0 Å². The number of aromatic nitrogens is 1. The second-order valence-electron chi connectivity index (χ2n) is 7.07. The number of hydrogen-bond acceptors (Lipinski definition) is 6. The molecule has 0 bridgehead atoms. The van der Waals surface area contributed by atoms with E-state index >= 15 is 0 Å². The molecule has 1 aliphatic heterocycles. The normalized spacial score (nSPS) is 15.7. The van der Waals surface area contributed by atoms with Gasteiger partial charge < -0.3 is 18.6 Å². The van der Waals surface area contributed by atoms with Crippen molar-refractivity contribution in [2.75, 3.05) is 32.8 Å². The Labute approximate surface area is 163 Å². The number of amides is 1. The Morgan fingerprint density at radius 3 is 2.89 bits per heavy atom. The highest BCUT2D eigenvalue weighted by molar-refractivity contribution is 5.97. The van der Waals surface area contributed by atoms with Gasteiger partial charge in [-0.3, -0.25) is 9.69 Å². The number of carbonyl (C=O) groups excluding carboxylic acids is 1. The third-order valence-corrected chi connectivity index (χ3v) is 4.96.